The van der Waals surface area contributed by atoms with Gasteiger partial charge in [0.25, 0.3) is 0 Å². The SMILES string of the molecule is O=C(Nc1nnc(C2CC2)s1)C1(c2cccc(Br)c2)CC1. The molecule has 4 nitrogen and oxygen atoms in total. The molecule has 6 heteroatoms. The number of anilines is 1. The Kier molecular flexibility index (Phi) is 3.11. The first-order valence-corrected chi connectivity index (χ1v) is 8.69. The van der Waals surface area contributed by atoms with Gasteiger partial charge in [0.05, 0.1) is 5.41 Å². The summed E-state index contributed by atoms with van der Waals surface area (Å²) in [6, 6.07) is 8.00. The zero-order chi connectivity index (χ0) is 14.4. The molecule has 0 unspecified atom stereocenters. The molecule has 0 saturated heterocycles. The normalized spacial score (nSPS) is 19.3. The van der Waals surface area contributed by atoms with Gasteiger partial charge in [-0.25, -0.2) is 0 Å². The number of carbonyl (C=O) groups excluding carboxylic acids is 1. The lowest BCUT2D eigenvalue weighted by Crippen LogP contribution is -2.27. The lowest BCUT2D eigenvalue weighted by molar-refractivity contribution is -0.118. The molecule has 2 aromatic rings. The fourth-order valence-corrected chi connectivity index (χ4v) is 3.86. The molecule has 0 radical (unpaired) electrons. The zero-order valence-electron chi connectivity index (χ0n) is 11.3. The maximum absolute atomic E-state index is 12.6. The van der Waals surface area contributed by atoms with E-state index in [1.807, 2.05) is 24.3 Å². The van der Waals surface area contributed by atoms with Crippen LogP contribution in [0.1, 0.15) is 42.2 Å². The summed E-state index contributed by atoms with van der Waals surface area (Å²) in [6.45, 7) is 0. The van der Waals surface area contributed by atoms with Gasteiger partial charge in [-0.15, -0.1) is 10.2 Å². The average Bonchev–Trinajstić information content (AvgIpc) is 3.38. The van der Waals surface area contributed by atoms with Crippen molar-refractivity contribution >= 4 is 38.3 Å². The van der Waals surface area contributed by atoms with E-state index in [-0.39, 0.29) is 11.3 Å². The van der Waals surface area contributed by atoms with Gasteiger partial charge in [-0.2, -0.15) is 0 Å². The monoisotopic (exact) mass is 363 g/mol. The Morgan fingerprint density at radius 2 is 2.14 bits per heavy atom. The number of halogens is 1. The first kappa shape index (κ1) is 13.4. The molecular formula is C15H14BrN3OS. The number of carbonyl (C=O) groups is 1. The third kappa shape index (κ3) is 2.51. The van der Waals surface area contributed by atoms with E-state index in [1.54, 1.807) is 0 Å². The minimum Gasteiger partial charge on any atom is -0.300 e. The average molecular weight is 364 g/mol. The Hall–Kier alpha value is -1.27. The van der Waals surface area contributed by atoms with Crippen LogP contribution in [0, 0.1) is 0 Å². The van der Waals surface area contributed by atoms with E-state index < -0.39 is 0 Å². The Bertz CT molecular complexity index is 706. The van der Waals surface area contributed by atoms with E-state index in [9.17, 15) is 4.79 Å². The molecule has 0 aliphatic heterocycles. The van der Waals surface area contributed by atoms with Crippen molar-refractivity contribution in [1.29, 1.82) is 0 Å². The Morgan fingerprint density at radius 3 is 2.81 bits per heavy atom. The van der Waals surface area contributed by atoms with Crippen LogP contribution >= 0.6 is 27.3 Å². The van der Waals surface area contributed by atoms with Crippen molar-refractivity contribution in [3.8, 4) is 0 Å². The summed E-state index contributed by atoms with van der Waals surface area (Å²) in [6.07, 6.45) is 4.18. The molecule has 1 aromatic carbocycles. The number of hydrogen-bond acceptors (Lipinski definition) is 4. The fourth-order valence-electron chi connectivity index (χ4n) is 2.56. The molecule has 2 aliphatic carbocycles. The summed E-state index contributed by atoms with van der Waals surface area (Å²) in [5.74, 6) is 0.618. The molecule has 1 aromatic heterocycles. The van der Waals surface area contributed by atoms with Crippen LogP contribution in [0.3, 0.4) is 0 Å². The van der Waals surface area contributed by atoms with E-state index in [1.165, 1.54) is 24.2 Å². The van der Waals surface area contributed by atoms with Crippen molar-refractivity contribution in [3.63, 3.8) is 0 Å². The molecule has 1 heterocycles. The van der Waals surface area contributed by atoms with Gasteiger partial charge < -0.3 is 0 Å². The molecule has 108 valence electrons. The molecule has 4 rings (SSSR count). The second-order valence-corrected chi connectivity index (χ2v) is 7.69. The van der Waals surface area contributed by atoms with Gasteiger partial charge in [0.15, 0.2) is 0 Å². The molecule has 1 amide bonds. The predicted molar refractivity (Wildman–Crippen MR) is 85.6 cm³/mol. The Morgan fingerprint density at radius 1 is 1.33 bits per heavy atom. The van der Waals surface area contributed by atoms with E-state index in [2.05, 4.69) is 31.4 Å². The van der Waals surface area contributed by atoms with Crippen molar-refractivity contribution in [3.05, 3.63) is 39.3 Å². The van der Waals surface area contributed by atoms with Crippen molar-refractivity contribution < 1.29 is 4.79 Å². The summed E-state index contributed by atoms with van der Waals surface area (Å²) in [5.41, 5.74) is 0.691. The lowest BCUT2D eigenvalue weighted by atomic mass is 9.95. The van der Waals surface area contributed by atoms with Crippen LogP contribution in [-0.4, -0.2) is 16.1 Å². The molecule has 1 N–H and O–H groups in total. The second-order valence-electron chi connectivity index (χ2n) is 5.77. The van der Waals surface area contributed by atoms with Gasteiger partial charge in [0.1, 0.15) is 5.01 Å². The van der Waals surface area contributed by atoms with Crippen LogP contribution in [0.25, 0.3) is 0 Å². The largest absolute Gasteiger partial charge is 0.300 e. The number of nitrogens with zero attached hydrogens (tertiary/aromatic N) is 2. The van der Waals surface area contributed by atoms with Gasteiger partial charge >= 0.3 is 0 Å². The van der Waals surface area contributed by atoms with E-state index in [0.29, 0.717) is 11.0 Å². The molecule has 0 bridgehead atoms. The third-order valence-corrected chi connectivity index (χ3v) is 5.64. The minimum atomic E-state index is -0.380. The highest BCUT2D eigenvalue weighted by molar-refractivity contribution is 9.10. The van der Waals surface area contributed by atoms with Gasteiger partial charge in [-0.1, -0.05) is 39.4 Å². The molecule has 2 saturated carbocycles. The minimum absolute atomic E-state index is 0.0408. The molecule has 0 spiro atoms. The van der Waals surface area contributed by atoms with Crippen LogP contribution in [0.5, 0.6) is 0 Å². The summed E-state index contributed by atoms with van der Waals surface area (Å²) in [7, 11) is 0. The van der Waals surface area contributed by atoms with Crippen molar-refractivity contribution in [1.82, 2.24) is 10.2 Å². The van der Waals surface area contributed by atoms with E-state index in [4.69, 9.17) is 0 Å². The van der Waals surface area contributed by atoms with Crippen LogP contribution in [-0.2, 0) is 10.2 Å². The number of benzene rings is 1. The maximum Gasteiger partial charge on any atom is 0.236 e. The number of rotatable bonds is 4. The van der Waals surface area contributed by atoms with Crippen molar-refractivity contribution in [2.45, 2.75) is 37.0 Å². The molecule has 2 fully saturated rings. The summed E-state index contributed by atoms with van der Waals surface area (Å²) < 4.78 is 1.01. The molecule has 0 atom stereocenters. The smallest absolute Gasteiger partial charge is 0.236 e. The maximum atomic E-state index is 12.6. The van der Waals surface area contributed by atoms with Gasteiger partial charge in [-0.3, -0.25) is 10.1 Å². The fraction of sp³-hybridized carbons (Fsp3) is 0.400. The number of hydrogen-bond donors (Lipinski definition) is 1. The van der Waals surface area contributed by atoms with Crippen LogP contribution in [0.2, 0.25) is 0 Å². The highest BCUT2D eigenvalue weighted by atomic mass is 79.9. The van der Waals surface area contributed by atoms with Crippen molar-refractivity contribution in [2.75, 3.05) is 5.32 Å². The first-order chi connectivity index (χ1) is 10.2. The van der Waals surface area contributed by atoms with Gasteiger partial charge in [0.2, 0.25) is 11.0 Å². The second kappa shape index (κ2) is 4.88. The van der Waals surface area contributed by atoms with Crippen LogP contribution in [0.4, 0.5) is 5.13 Å². The summed E-state index contributed by atoms with van der Waals surface area (Å²) >= 11 is 4.98. The highest BCUT2D eigenvalue weighted by Crippen LogP contribution is 2.49. The standard InChI is InChI=1S/C15H14BrN3OS/c16-11-3-1-2-10(8-11)15(6-7-15)13(20)17-14-19-18-12(21-14)9-4-5-9/h1-3,8-9H,4-7H2,(H,17,19,20). The quantitative estimate of drug-likeness (QED) is 0.897. The third-order valence-electron chi connectivity index (χ3n) is 4.15. The number of aromatic nitrogens is 2. The number of amides is 1. The lowest BCUT2D eigenvalue weighted by Gasteiger charge is -2.14. The molecule has 21 heavy (non-hydrogen) atoms. The number of nitrogens with one attached hydrogen (secondary N) is 1. The molecule has 2 aliphatic rings. The Balaban J connectivity index is 1.53. The summed E-state index contributed by atoms with van der Waals surface area (Å²) in [4.78, 5) is 12.6. The van der Waals surface area contributed by atoms with Gasteiger partial charge in [-0.05, 0) is 43.4 Å². The first-order valence-electron chi connectivity index (χ1n) is 7.08. The van der Waals surface area contributed by atoms with Gasteiger partial charge in [0, 0.05) is 10.4 Å². The van der Waals surface area contributed by atoms with Crippen LogP contribution < -0.4 is 5.32 Å². The zero-order valence-corrected chi connectivity index (χ0v) is 13.7. The molecular weight excluding hydrogens is 350 g/mol. The topological polar surface area (TPSA) is 54.9 Å². The Labute approximate surface area is 135 Å². The van der Waals surface area contributed by atoms with E-state index in [0.717, 1.165) is 27.9 Å². The highest BCUT2D eigenvalue weighted by Gasteiger charge is 2.51. The van der Waals surface area contributed by atoms with Crippen molar-refractivity contribution in [2.24, 2.45) is 0 Å². The summed E-state index contributed by atoms with van der Waals surface area (Å²) in [5, 5.41) is 12.9. The van der Waals surface area contributed by atoms with E-state index >= 15 is 0 Å². The van der Waals surface area contributed by atoms with Crippen LogP contribution in [0.15, 0.2) is 28.7 Å². The predicted octanol–water partition coefficient (Wildman–Crippen LogP) is 3.85.